The Hall–Kier alpha value is -2.37. The molecule has 2 saturated heterocycles. The molecular weight excluding hydrogens is 364 g/mol. The van der Waals surface area contributed by atoms with Crippen LogP contribution < -0.4 is 5.32 Å². The molecule has 2 amide bonds. The van der Waals surface area contributed by atoms with Crippen LogP contribution in [-0.4, -0.2) is 36.5 Å². The third kappa shape index (κ3) is 3.70. The number of halogens is 1. The minimum absolute atomic E-state index is 0.142. The highest BCUT2D eigenvalue weighted by Gasteiger charge is 2.41. The molecule has 140 valence electrons. The second-order valence-electron chi connectivity index (χ2n) is 7.15. The van der Waals surface area contributed by atoms with Gasteiger partial charge in [0.05, 0.1) is 13.2 Å². The second kappa shape index (κ2) is 7.33. The van der Waals surface area contributed by atoms with Gasteiger partial charge in [-0.05, 0) is 41.8 Å². The average molecular weight is 385 g/mol. The zero-order chi connectivity index (χ0) is 18.9. The zero-order valence-corrected chi connectivity index (χ0v) is 15.7. The van der Waals surface area contributed by atoms with Crippen LogP contribution in [0.25, 0.3) is 0 Å². The molecular formula is C21H21ClN2O3. The Kier molecular flexibility index (Phi) is 4.89. The Morgan fingerprint density at radius 2 is 1.81 bits per heavy atom. The van der Waals surface area contributed by atoms with Gasteiger partial charge in [0.1, 0.15) is 5.54 Å². The molecule has 0 aromatic heterocycles. The van der Waals surface area contributed by atoms with Gasteiger partial charge in [-0.3, -0.25) is 9.59 Å². The SMILES string of the molecule is O=C(NC1(c2ccc(Cl)cc2)COC1)c1ccc(CN2CCCC2=O)cc1. The lowest BCUT2D eigenvalue weighted by Crippen LogP contribution is -2.59. The van der Waals surface area contributed by atoms with Crippen molar-refractivity contribution in [1.29, 1.82) is 0 Å². The predicted octanol–water partition coefficient (Wildman–Crippen LogP) is 3.12. The average Bonchev–Trinajstić information content (AvgIpc) is 3.04. The summed E-state index contributed by atoms with van der Waals surface area (Å²) < 4.78 is 5.38. The molecule has 2 aromatic rings. The molecule has 0 spiro atoms. The summed E-state index contributed by atoms with van der Waals surface area (Å²) in [7, 11) is 0. The lowest BCUT2D eigenvalue weighted by molar-refractivity contribution is -0.128. The van der Waals surface area contributed by atoms with Gasteiger partial charge in [0, 0.05) is 30.1 Å². The number of carbonyl (C=O) groups is 2. The van der Waals surface area contributed by atoms with Crippen molar-refractivity contribution in [3.8, 4) is 0 Å². The van der Waals surface area contributed by atoms with Crippen LogP contribution in [0.3, 0.4) is 0 Å². The molecule has 5 nitrogen and oxygen atoms in total. The summed E-state index contributed by atoms with van der Waals surface area (Å²) in [5.41, 5.74) is 2.09. The largest absolute Gasteiger partial charge is 0.376 e. The molecule has 0 unspecified atom stereocenters. The number of amides is 2. The summed E-state index contributed by atoms with van der Waals surface area (Å²) in [4.78, 5) is 26.3. The number of hydrogen-bond donors (Lipinski definition) is 1. The fourth-order valence-corrected chi connectivity index (χ4v) is 3.65. The molecule has 2 fully saturated rings. The second-order valence-corrected chi connectivity index (χ2v) is 7.59. The first-order chi connectivity index (χ1) is 13.1. The van der Waals surface area contributed by atoms with Crippen molar-refractivity contribution in [3.63, 3.8) is 0 Å². The van der Waals surface area contributed by atoms with Gasteiger partial charge in [0.15, 0.2) is 0 Å². The van der Waals surface area contributed by atoms with Crippen LogP contribution in [0.1, 0.15) is 34.3 Å². The van der Waals surface area contributed by atoms with Gasteiger partial charge in [0.2, 0.25) is 5.91 Å². The Morgan fingerprint density at radius 1 is 1.11 bits per heavy atom. The molecule has 0 bridgehead atoms. The van der Waals surface area contributed by atoms with Crippen molar-refractivity contribution in [3.05, 3.63) is 70.2 Å². The monoisotopic (exact) mass is 384 g/mol. The summed E-state index contributed by atoms with van der Waals surface area (Å²) >= 11 is 5.97. The van der Waals surface area contributed by atoms with Crippen molar-refractivity contribution in [2.24, 2.45) is 0 Å². The third-order valence-electron chi connectivity index (χ3n) is 5.21. The van der Waals surface area contributed by atoms with Crippen molar-refractivity contribution < 1.29 is 14.3 Å². The van der Waals surface area contributed by atoms with E-state index in [-0.39, 0.29) is 11.8 Å². The first kappa shape index (κ1) is 18.0. The van der Waals surface area contributed by atoms with Crippen molar-refractivity contribution in [2.75, 3.05) is 19.8 Å². The van der Waals surface area contributed by atoms with Gasteiger partial charge >= 0.3 is 0 Å². The maximum absolute atomic E-state index is 12.7. The fourth-order valence-electron chi connectivity index (χ4n) is 3.53. The van der Waals surface area contributed by atoms with Crippen LogP contribution in [-0.2, 0) is 21.6 Å². The number of hydrogen-bond acceptors (Lipinski definition) is 3. The Morgan fingerprint density at radius 3 is 2.37 bits per heavy atom. The highest BCUT2D eigenvalue weighted by molar-refractivity contribution is 6.30. The highest BCUT2D eigenvalue weighted by Crippen LogP contribution is 2.31. The number of carbonyl (C=O) groups excluding carboxylic acids is 2. The quantitative estimate of drug-likeness (QED) is 0.861. The lowest BCUT2D eigenvalue weighted by Gasteiger charge is -2.42. The molecule has 2 heterocycles. The topological polar surface area (TPSA) is 58.6 Å². The van der Waals surface area contributed by atoms with Gasteiger partial charge < -0.3 is 15.0 Å². The van der Waals surface area contributed by atoms with E-state index >= 15 is 0 Å². The fraction of sp³-hybridized carbons (Fsp3) is 0.333. The van der Waals surface area contributed by atoms with Crippen LogP contribution in [0.15, 0.2) is 48.5 Å². The normalized spacial score (nSPS) is 18.3. The number of nitrogens with zero attached hydrogens (tertiary/aromatic N) is 1. The van der Waals surface area contributed by atoms with Gasteiger partial charge in [0.25, 0.3) is 5.91 Å². The molecule has 4 rings (SSSR count). The number of likely N-dealkylation sites (tertiary alicyclic amines) is 1. The number of benzene rings is 2. The molecule has 27 heavy (non-hydrogen) atoms. The van der Waals surface area contributed by atoms with Crippen LogP contribution in [0.5, 0.6) is 0 Å². The number of nitrogens with one attached hydrogen (secondary N) is 1. The summed E-state index contributed by atoms with van der Waals surface area (Å²) in [5.74, 6) is 0.0590. The highest BCUT2D eigenvalue weighted by atomic mass is 35.5. The van der Waals surface area contributed by atoms with Gasteiger partial charge in [-0.25, -0.2) is 0 Å². The summed E-state index contributed by atoms with van der Waals surface area (Å²) in [5, 5.41) is 3.77. The zero-order valence-electron chi connectivity index (χ0n) is 14.9. The van der Waals surface area contributed by atoms with E-state index in [2.05, 4.69) is 5.32 Å². The van der Waals surface area contributed by atoms with Crippen LogP contribution in [0.2, 0.25) is 5.02 Å². The smallest absolute Gasteiger partial charge is 0.252 e. The van der Waals surface area contributed by atoms with E-state index < -0.39 is 5.54 Å². The van der Waals surface area contributed by atoms with Crippen LogP contribution in [0.4, 0.5) is 0 Å². The molecule has 6 heteroatoms. The number of rotatable bonds is 5. The molecule has 1 N–H and O–H groups in total. The maximum Gasteiger partial charge on any atom is 0.252 e. The molecule has 0 saturated carbocycles. The Labute approximate surface area is 163 Å². The van der Waals surface area contributed by atoms with Gasteiger partial charge in [-0.1, -0.05) is 35.9 Å². The maximum atomic E-state index is 12.7. The van der Waals surface area contributed by atoms with E-state index in [0.717, 1.165) is 24.1 Å². The molecule has 2 aliphatic heterocycles. The lowest BCUT2D eigenvalue weighted by atomic mass is 9.87. The van der Waals surface area contributed by atoms with E-state index in [4.69, 9.17) is 16.3 Å². The van der Waals surface area contributed by atoms with Crippen LogP contribution in [0, 0.1) is 0 Å². The van der Waals surface area contributed by atoms with Crippen molar-refractivity contribution in [1.82, 2.24) is 10.2 Å². The summed E-state index contributed by atoms with van der Waals surface area (Å²) in [6.45, 7) is 2.29. The van der Waals surface area contributed by atoms with E-state index in [1.165, 1.54) is 0 Å². The summed E-state index contributed by atoms with van der Waals surface area (Å²) in [6.07, 6.45) is 1.56. The molecule has 2 aromatic carbocycles. The van der Waals surface area contributed by atoms with Gasteiger partial charge in [-0.2, -0.15) is 0 Å². The van der Waals surface area contributed by atoms with Gasteiger partial charge in [-0.15, -0.1) is 0 Å². The van der Waals surface area contributed by atoms with E-state index in [1.54, 1.807) is 12.1 Å². The number of ether oxygens (including phenoxy) is 1. The summed E-state index contributed by atoms with van der Waals surface area (Å²) in [6, 6.07) is 14.9. The minimum Gasteiger partial charge on any atom is -0.376 e. The molecule has 0 atom stereocenters. The predicted molar refractivity (Wildman–Crippen MR) is 103 cm³/mol. The molecule has 0 aliphatic carbocycles. The van der Waals surface area contributed by atoms with Crippen molar-refractivity contribution in [2.45, 2.75) is 24.9 Å². The Balaban J connectivity index is 1.44. The van der Waals surface area contributed by atoms with Crippen LogP contribution >= 0.6 is 11.6 Å². The molecule has 2 aliphatic rings. The third-order valence-corrected chi connectivity index (χ3v) is 5.46. The van der Waals surface area contributed by atoms with E-state index in [1.807, 2.05) is 41.3 Å². The van der Waals surface area contributed by atoms with Crippen molar-refractivity contribution >= 4 is 23.4 Å². The standard InChI is InChI=1S/C21H21ClN2O3/c22-18-9-7-17(8-10-18)21(13-27-14-21)23-20(26)16-5-3-15(4-6-16)12-24-11-1-2-19(24)25/h3-10H,1-2,11-14H2,(H,23,26). The van der Waals surface area contributed by atoms with E-state index in [9.17, 15) is 9.59 Å². The first-order valence-corrected chi connectivity index (χ1v) is 9.47. The molecule has 0 radical (unpaired) electrons. The first-order valence-electron chi connectivity index (χ1n) is 9.09. The van der Waals surface area contributed by atoms with E-state index in [0.29, 0.717) is 36.8 Å². The Bertz CT molecular complexity index is 845. The minimum atomic E-state index is -0.512.